The quantitative estimate of drug-likeness (QED) is 0.849. The second kappa shape index (κ2) is 7.24. The summed E-state index contributed by atoms with van der Waals surface area (Å²) in [5.74, 6) is 1.42. The van der Waals surface area contributed by atoms with Gasteiger partial charge in [0.05, 0.1) is 18.9 Å². The molecule has 5 nitrogen and oxygen atoms in total. The van der Waals surface area contributed by atoms with Crippen LogP contribution in [0.25, 0.3) is 11.5 Å². The van der Waals surface area contributed by atoms with Crippen molar-refractivity contribution in [2.24, 2.45) is 0 Å². The van der Waals surface area contributed by atoms with Crippen LogP contribution in [0.15, 0.2) is 34.9 Å². The first-order valence-corrected chi connectivity index (χ1v) is 7.04. The maximum absolute atomic E-state index is 9.29. The highest BCUT2D eigenvalue weighted by molar-refractivity contribution is 5.54. The molecule has 0 fully saturated rings. The summed E-state index contributed by atoms with van der Waals surface area (Å²) >= 11 is 0. The van der Waals surface area contributed by atoms with Gasteiger partial charge in [-0.05, 0) is 44.7 Å². The first-order chi connectivity index (χ1) is 10.1. The highest BCUT2D eigenvalue weighted by atomic mass is 16.5. The van der Waals surface area contributed by atoms with Crippen LogP contribution < -0.4 is 4.74 Å². The van der Waals surface area contributed by atoms with Crippen molar-refractivity contribution in [2.75, 3.05) is 20.7 Å². The summed E-state index contributed by atoms with van der Waals surface area (Å²) in [7, 11) is 3.64. The summed E-state index contributed by atoms with van der Waals surface area (Å²) in [4.78, 5) is 6.60. The Balaban J connectivity index is 1.97. The van der Waals surface area contributed by atoms with Crippen LogP contribution >= 0.6 is 0 Å². The lowest BCUT2D eigenvalue weighted by atomic mass is 10.2. The SMILES string of the molecule is COc1ccc(-c2nc(CN(C)CCC(C)O)co2)cc1. The van der Waals surface area contributed by atoms with Crippen molar-refractivity contribution in [3.8, 4) is 17.2 Å². The molecule has 1 aromatic heterocycles. The fourth-order valence-electron chi connectivity index (χ4n) is 2.01. The number of hydrogen-bond donors (Lipinski definition) is 1. The number of oxazole rings is 1. The van der Waals surface area contributed by atoms with Crippen LogP contribution in [0.5, 0.6) is 5.75 Å². The van der Waals surface area contributed by atoms with E-state index in [9.17, 15) is 5.11 Å². The topological polar surface area (TPSA) is 58.7 Å². The number of aliphatic hydroxyl groups excluding tert-OH is 1. The molecule has 0 saturated carbocycles. The molecule has 0 saturated heterocycles. The number of hydrogen-bond acceptors (Lipinski definition) is 5. The summed E-state index contributed by atoms with van der Waals surface area (Å²) in [6.45, 7) is 3.32. The lowest BCUT2D eigenvalue weighted by Gasteiger charge is -2.15. The van der Waals surface area contributed by atoms with Crippen LogP contribution in [0.4, 0.5) is 0 Å². The van der Waals surface area contributed by atoms with Crippen molar-refractivity contribution >= 4 is 0 Å². The second-order valence-corrected chi connectivity index (χ2v) is 5.25. The number of ether oxygens (including phenoxy) is 1. The highest BCUT2D eigenvalue weighted by Crippen LogP contribution is 2.22. The molecule has 21 heavy (non-hydrogen) atoms. The minimum atomic E-state index is -0.278. The van der Waals surface area contributed by atoms with Gasteiger partial charge >= 0.3 is 0 Å². The van der Waals surface area contributed by atoms with Gasteiger partial charge in [-0.25, -0.2) is 4.98 Å². The predicted octanol–water partition coefficient (Wildman–Crippen LogP) is 2.55. The molecule has 0 radical (unpaired) electrons. The van der Waals surface area contributed by atoms with Crippen molar-refractivity contribution in [2.45, 2.75) is 26.0 Å². The van der Waals surface area contributed by atoms with Crippen molar-refractivity contribution in [1.82, 2.24) is 9.88 Å². The summed E-state index contributed by atoms with van der Waals surface area (Å²) in [5, 5.41) is 9.29. The average Bonchev–Trinajstić information content (AvgIpc) is 2.93. The van der Waals surface area contributed by atoms with Crippen molar-refractivity contribution < 1.29 is 14.3 Å². The Morgan fingerprint density at radius 2 is 2.05 bits per heavy atom. The molecule has 1 N–H and O–H groups in total. The van der Waals surface area contributed by atoms with E-state index >= 15 is 0 Å². The lowest BCUT2D eigenvalue weighted by Crippen LogP contribution is -2.22. The van der Waals surface area contributed by atoms with Gasteiger partial charge in [-0.15, -0.1) is 0 Å². The maximum atomic E-state index is 9.29. The molecule has 2 aromatic rings. The van der Waals surface area contributed by atoms with E-state index in [1.165, 1.54) is 0 Å². The number of aliphatic hydroxyl groups is 1. The third kappa shape index (κ3) is 4.58. The largest absolute Gasteiger partial charge is 0.497 e. The first kappa shape index (κ1) is 15.5. The first-order valence-electron chi connectivity index (χ1n) is 7.04. The minimum Gasteiger partial charge on any atom is -0.497 e. The van der Waals surface area contributed by atoms with Crippen molar-refractivity contribution in [3.63, 3.8) is 0 Å². The number of benzene rings is 1. The fourth-order valence-corrected chi connectivity index (χ4v) is 2.01. The zero-order chi connectivity index (χ0) is 15.2. The van der Waals surface area contributed by atoms with Gasteiger partial charge in [-0.1, -0.05) is 0 Å². The number of methoxy groups -OCH3 is 1. The summed E-state index contributed by atoms with van der Waals surface area (Å²) in [6, 6.07) is 7.61. The normalized spacial score (nSPS) is 12.6. The van der Waals surface area contributed by atoms with E-state index in [4.69, 9.17) is 9.15 Å². The molecular formula is C16H22N2O3. The Morgan fingerprint density at radius 1 is 1.33 bits per heavy atom. The Morgan fingerprint density at radius 3 is 2.67 bits per heavy atom. The van der Waals surface area contributed by atoms with Crippen LogP contribution in [0, 0.1) is 0 Å². The van der Waals surface area contributed by atoms with E-state index in [1.54, 1.807) is 20.3 Å². The maximum Gasteiger partial charge on any atom is 0.226 e. The van der Waals surface area contributed by atoms with Crippen LogP contribution in [0.1, 0.15) is 19.0 Å². The van der Waals surface area contributed by atoms with Crippen LogP contribution in [-0.2, 0) is 6.54 Å². The second-order valence-electron chi connectivity index (χ2n) is 5.25. The van der Waals surface area contributed by atoms with E-state index in [2.05, 4.69) is 9.88 Å². The summed E-state index contributed by atoms with van der Waals surface area (Å²) in [5.41, 5.74) is 1.81. The van der Waals surface area contributed by atoms with Crippen molar-refractivity contribution in [1.29, 1.82) is 0 Å². The van der Waals surface area contributed by atoms with Gasteiger partial charge in [0.15, 0.2) is 0 Å². The monoisotopic (exact) mass is 290 g/mol. The van der Waals surface area contributed by atoms with E-state index in [0.29, 0.717) is 12.4 Å². The van der Waals surface area contributed by atoms with Crippen LogP contribution in [-0.4, -0.2) is 41.8 Å². The van der Waals surface area contributed by atoms with Gasteiger partial charge in [0.2, 0.25) is 5.89 Å². The van der Waals surface area contributed by atoms with Gasteiger partial charge in [-0.2, -0.15) is 0 Å². The molecule has 0 bridgehead atoms. The molecule has 1 atom stereocenters. The third-order valence-corrected chi connectivity index (χ3v) is 3.25. The van der Waals surface area contributed by atoms with E-state index in [-0.39, 0.29) is 6.10 Å². The molecular weight excluding hydrogens is 268 g/mol. The summed E-state index contributed by atoms with van der Waals surface area (Å²) < 4.78 is 10.7. The Kier molecular flexibility index (Phi) is 5.36. The smallest absolute Gasteiger partial charge is 0.226 e. The number of aromatic nitrogens is 1. The Labute approximate surface area is 125 Å². The molecule has 2 rings (SSSR count). The number of nitrogens with zero attached hydrogens (tertiary/aromatic N) is 2. The van der Waals surface area contributed by atoms with Crippen LogP contribution in [0.2, 0.25) is 0 Å². The molecule has 114 valence electrons. The standard InChI is InChI=1S/C16H22N2O3/c1-12(19)8-9-18(2)10-14-11-21-16(17-14)13-4-6-15(20-3)7-5-13/h4-7,11-12,19H,8-10H2,1-3H3. The van der Waals surface area contributed by atoms with E-state index in [1.807, 2.05) is 31.3 Å². The molecule has 1 aromatic carbocycles. The van der Waals surface area contributed by atoms with Gasteiger partial charge in [-0.3, -0.25) is 0 Å². The Hall–Kier alpha value is -1.85. The molecule has 0 spiro atoms. The zero-order valence-electron chi connectivity index (χ0n) is 12.7. The lowest BCUT2D eigenvalue weighted by molar-refractivity contribution is 0.162. The third-order valence-electron chi connectivity index (χ3n) is 3.25. The van der Waals surface area contributed by atoms with E-state index in [0.717, 1.165) is 30.0 Å². The summed E-state index contributed by atoms with van der Waals surface area (Å²) in [6.07, 6.45) is 2.15. The average molecular weight is 290 g/mol. The van der Waals surface area contributed by atoms with E-state index < -0.39 is 0 Å². The van der Waals surface area contributed by atoms with Gasteiger partial charge in [0.25, 0.3) is 0 Å². The fraction of sp³-hybridized carbons (Fsp3) is 0.438. The molecule has 5 heteroatoms. The van der Waals surface area contributed by atoms with Crippen molar-refractivity contribution in [3.05, 3.63) is 36.2 Å². The highest BCUT2D eigenvalue weighted by Gasteiger charge is 2.09. The molecule has 0 amide bonds. The zero-order valence-corrected chi connectivity index (χ0v) is 12.7. The molecule has 0 aliphatic heterocycles. The predicted molar refractivity (Wildman–Crippen MR) is 81.1 cm³/mol. The van der Waals surface area contributed by atoms with Gasteiger partial charge in [0, 0.05) is 18.7 Å². The van der Waals surface area contributed by atoms with Gasteiger partial charge in [0.1, 0.15) is 12.0 Å². The molecule has 0 aliphatic carbocycles. The van der Waals surface area contributed by atoms with Gasteiger partial charge < -0.3 is 19.2 Å². The molecule has 0 aliphatic rings. The van der Waals surface area contributed by atoms with Crippen LogP contribution in [0.3, 0.4) is 0 Å². The Bertz CT molecular complexity index is 549. The number of rotatable bonds is 7. The molecule has 1 unspecified atom stereocenters. The molecule has 1 heterocycles. The minimum absolute atomic E-state index is 0.278.